The molecule has 1 heteroatoms. The van der Waals surface area contributed by atoms with Crippen LogP contribution in [-0.4, -0.2) is 4.98 Å². The van der Waals surface area contributed by atoms with Gasteiger partial charge in [-0.05, 0) is 42.5 Å². The summed E-state index contributed by atoms with van der Waals surface area (Å²) in [5, 5.41) is 0. The summed E-state index contributed by atoms with van der Waals surface area (Å²) >= 11 is 0. The largest absolute Gasteiger partial charge is 0.253 e. The van der Waals surface area contributed by atoms with Gasteiger partial charge in [-0.25, -0.2) is 0 Å². The number of aryl methyl sites for hydroxylation is 1. The maximum atomic E-state index is 4.88. The van der Waals surface area contributed by atoms with Crippen LogP contribution in [0.3, 0.4) is 0 Å². The fourth-order valence-electron chi connectivity index (χ4n) is 3.00. The van der Waals surface area contributed by atoms with Crippen LogP contribution in [0.1, 0.15) is 31.0 Å². The van der Waals surface area contributed by atoms with Gasteiger partial charge in [0.2, 0.25) is 0 Å². The van der Waals surface area contributed by atoms with E-state index in [1.165, 1.54) is 35.1 Å². The maximum Gasteiger partial charge on any atom is 0.0711 e. The zero-order valence-corrected chi connectivity index (χ0v) is 13.9. The van der Waals surface area contributed by atoms with Gasteiger partial charge < -0.3 is 0 Å². The molecule has 3 rings (SSSR count). The Hall–Kier alpha value is -2.41. The average molecular weight is 301 g/mol. The lowest BCUT2D eigenvalue weighted by molar-refractivity contribution is 0.788. The molecule has 0 saturated heterocycles. The van der Waals surface area contributed by atoms with E-state index in [9.17, 15) is 0 Å². The van der Waals surface area contributed by atoms with Crippen LogP contribution in [0, 0.1) is 6.92 Å². The van der Waals surface area contributed by atoms with Crippen molar-refractivity contribution in [2.24, 2.45) is 0 Å². The fourth-order valence-corrected chi connectivity index (χ4v) is 3.00. The third kappa shape index (κ3) is 3.50. The summed E-state index contributed by atoms with van der Waals surface area (Å²) < 4.78 is 0. The predicted octanol–water partition coefficient (Wildman–Crippen LogP) is 6.07. The second-order valence-electron chi connectivity index (χ2n) is 5.95. The molecular weight excluding hydrogens is 278 g/mol. The first-order valence-electron chi connectivity index (χ1n) is 8.41. The molecule has 0 N–H and O–H groups in total. The van der Waals surface area contributed by atoms with Crippen LogP contribution >= 0.6 is 0 Å². The second-order valence-corrected chi connectivity index (χ2v) is 5.95. The van der Waals surface area contributed by atoms with Crippen LogP contribution in [0.4, 0.5) is 0 Å². The van der Waals surface area contributed by atoms with Crippen molar-refractivity contribution in [3.63, 3.8) is 0 Å². The van der Waals surface area contributed by atoms with E-state index in [1.807, 2.05) is 6.07 Å². The Bertz CT molecular complexity index is 761. The Morgan fingerprint density at radius 3 is 2.04 bits per heavy atom. The van der Waals surface area contributed by atoms with Crippen LogP contribution in [0.2, 0.25) is 0 Å². The Morgan fingerprint density at radius 2 is 1.43 bits per heavy atom. The first-order valence-corrected chi connectivity index (χ1v) is 8.41. The lowest BCUT2D eigenvalue weighted by Crippen LogP contribution is -1.99. The number of rotatable bonds is 5. The molecule has 0 bridgehead atoms. The standard InChI is InChI=1S/C22H23N/c1-3-4-15-20-17(2)23-22(19-13-9-6-10-14-19)16-21(20)18-11-7-5-8-12-18/h5-14,16H,3-4,15H2,1-2H3. The zero-order valence-electron chi connectivity index (χ0n) is 13.9. The monoisotopic (exact) mass is 301 g/mol. The van der Waals surface area contributed by atoms with E-state index in [4.69, 9.17) is 4.98 Å². The molecule has 0 aliphatic carbocycles. The minimum atomic E-state index is 1.06. The summed E-state index contributed by atoms with van der Waals surface area (Å²) in [5.41, 5.74) is 7.38. The van der Waals surface area contributed by atoms with Gasteiger partial charge in [0.05, 0.1) is 5.69 Å². The Labute approximate surface area is 139 Å². The molecule has 0 spiro atoms. The first kappa shape index (κ1) is 15.5. The highest BCUT2D eigenvalue weighted by molar-refractivity contribution is 5.74. The van der Waals surface area contributed by atoms with Gasteiger partial charge in [-0.1, -0.05) is 74.0 Å². The van der Waals surface area contributed by atoms with E-state index in [-0.39, 0.29) is 0 Å². The van der Waals surface area contributed by atoms with Crippen molar-refractivity contribution in [3.8, 4) is 22.4 Å². The minimum absolute atomic E-state index is 1.06. The normalized spacial score (nSPS) is 10.7. The highest BCUT2D eigenvalue weighted by Crippen LogP contribution is 2.31. The molecule has 0 saturated carbocycles. The highest BCUT2D eigenvalue weighted by atomic mass is 14.7. The van der Waals surface area contributed by atoms with Crippen LogP contribution in [-0.2, 0) is 6.42 Å². The minimum Gasteiger partial charge on any atom is -0.253 e. The molecule has 2 aromatic carbocycles. The van der Waals surface area contributed by atoms with Crippen molar-refractivity contribution in [1.82, 2.24) is 4.98 Å². The van der Waals surface area contributed by atoms with Crippen molar-refractivity contribution in [2.45, 2.75) is 33.1 Å². The van der Waals surface area contributed by atoms with Crippen molar-refractivity contribution < 1.29 is 0 Å². The van der Waals surface area contributed by atoms with Gasteiger partial charge in [0.15, 0.2) is 0 Å². The van der Waals surface area contributed by atoms with Gasteiger partial charge in [-0.2, -0.15) is 0 Å². The molecule has 1 aromatic heterocycles. The predicted molar refractivity (Wildman–Crippen MR) is 98.5 cm³/mol. The molecule has 0 unspecified atom stereocenters. The van der Waals surface area contributed by atoms with E-state index in [0.717, 1.165) is 17.8 Å². The molecule has 0 aliphatic heterocycles. The van der Waals surface area contributed by atoms with Crippen molar-refractivity contribution in [1.29, 1.82) is 0 Å². The summed E-state index contributed by atoms with van der Waals surface area (Å²) in [5.74, 6) is 0. The Balaban J connectivity index is 2.14. The number of pyridine rings is 1. The number of nitrogens with zero attached hydrogens (tertiary/aromatic N) is 1. The lowest BCUT2D eigenvalue weighted by Gasteiger charge is -2.15. The summed E-state index contributed by atoms with van der Waals surface area (Å²) in [7, 11) is 0. The third-order valence-electron chi connectivity index (χ3n) is 4.27. The smallest absolute Gasteiger partial charge is 0.0711 e. The topological polar surface area (TPSA) is 12.9 Å². The van der Waals surface area contributed by atoms with Gasteiger partial charge in [-0.15, -0.1) is 0 Å². The number of benzene rings is 2. The SMILES string of the molecule is CCCCc1c(-c2ccccc2)cc(-c2ccccc2)nc1C. The van der Waals surface area contributed by atoms with E-state index >= 15 is 0 Å². The third-order valence-corrected chi connectivity index (χ3v) is 4.27. The molecule has 1 nitrogen and oxygen atoms in total. The van der Waals surface area contributed by atoms with Crippen molar-refractivity contribution in [2.75, 3.05) is 0 Å². The summed E-state index contributed by atoms with van der Waals surface area (Å²) in [6, 6.07) is 23.4. The van der Waals surface area contributed by atoms with E-state index in [0.29, 0.717) is 0 Å². The highest BCUT2D eigenvalue weighted by Gasteiger charge is 2.12. The van der Waals surface area contributed by atoms with Crippen LogP contribution < -0.4 is 0 Å². The molecule has 0 atom stereocenters. The fraction of sp³-hybridized carbons (Fsp3) is 0.227. The van der Waals surface area contributed by atoms with E-state index < -0.39 is 0 Å². The van der Waals surface area contributed by atoms with Crippen LogP contribution in [0.25, 0.3) is 22.4 Å². The van der Waals surface area contributed by atoms with Crippen LogP contribution in [0.15, 0.2) is 66.7 Å². The number of unbranched alkanes of at least 4 members (excludes halogenated alkanes) is 1. The average Bonchev–Trinajstić information content (AvgIpc) is 2.61. The number of hydrogen-bond acceptors (Lipinski definition) is 1. The Kier molecular flexibility index (Phi) is 4.87. The van der Waals surface area contributed by atoms with Crippen molar-refractivity contribution >= 4 is 0 Å². The molecule has 1 heterocycles. The van der Waals surface area contributed by atoms with Gasteiger partial charge in [0, 0.05) is 11.3 Å². The first-order chi connectivity index (χ1) is 11.3. The maximum absolute atomic E-state index is 4.88. The number of aromatic nitrogens is 1. The molecule has 23 heavy (non-hydrogen) atoms. The number of hydrogen-bond donors (Lipinski definition) is 0. The molecule has 0 radical (unpaired) electrons. The van der Waals surface area contributed by atoms with Gasteiger partial charge in [0.1, 0.15) is 0 Å². The van der Waals surface area contributed by atoms with Crippen LogP contribution in [0.5, 0.6) is 0 Å². The summed E-state index contributed by atoms with van der Waals surface area (Å²) in [6.07, 6.45) is 3.50. The van der Waals surface area contributed by atoms with Gasteiger partial charge >= 0.3 is 0 Å². The van der Waals surface area contributed by atoms with E-state index in [1.54, 1.807) is 0 Å². The zero-order chi connectivity index (χ0) is 16.1. The second kappa shape index (κ2) is 7.23. The molecule has 0 amide bonds. The van der Waals surface area contributed by atoms with E-state index in [2.05, 4.69) is 74.5 Å². The Morgan fingerprint density at radius 1 is 0.826 bits per heavy atom. The summed E-state index contributed by atoms with van der Waals surface area (Å²) in [4.78, 5) is 4.88. The molecule has 0 fully saturated rings. The quantitative estimate of drug-likeness (QED) is 0.557. The molecule has 0 aliphatic rings. The molecule has 116 valence electrons. The lowest BCUT2D eigenvalue weighted by atomic mass is 9.93. The molecular formula is C22H23N. The van der Waals surface area contributed by atoms with Crippen molar-refractivity contribution in [3.05, 3.63) is 78.0 Å². The molecule has 3 aromatic rings. The van der Waals surface area contributed by atoms with Gasteiger partial charge in [-0.3, -0.25) is 4.98 Å². The van der Waals surface area contributed by atoms with Gasteiger partial charge in [0.25, 0.3) is 0 Å². The summed E-state index contributed by atoms with van der Waals surface area (Å²) in [6.45, 7) is 4.38.